The molecule has 0 spiro atoms. The fraction of sp³-hybridized carbons (Fsp3) is 0. The third-order valence-electron chi connectivity index (χ3n) is 3.24. The van der Waals surface area contributed by atoms with E-state index >= 15 is 0 Å². The number of rotatable bonds is 2. The molecule has 0 radical (unpaired) electrons. The first-order valence-electron chi connectivity index (χ1n) is 6.78. The maximum Gasteiger partial charge on any atom is 0.283 e. The predicted octanol–water partition coefficient (Wildman–Crippen LogP) is 3.10. The first-order valence-corrected chi connectivity index (χ1v) is 8.39. The summed E-state index contributed by atoms with van der Waals surface area (Å²) < 4.78 is 5.90. The van der Waals surface area contributed by atoms with Crippen LogP contribution in [0.5, 0.6) is 0 Å². The fourth-order valence-electron chi connectivity index (χ4n) is 2.15. The van der Waals surface area contributed by atoms with Crippen molar-refractivity contribution in [2.75, 3.05) is 0 Å². The number of halogens is 1. The van der Waals surface area contributed by atoms with Crippen LogP contribution in [0.4, 0.5) is 0 Å². The molecule has 0 saturated heterocycles. The molecule has 0 atom stereocenters. The normalized spacial score (nSPS) is 18.7. The van der Waals surface area contributed by atoms with Gasteiger partial charge in [-0.2, -0.15) is 15.1 Å². The number of amides is 1. The maximum absolute atomic E-state index is 12.2. The summed E-state index contributed by atoms with van der Waals surface area (Å²) >= 11 is 4.44. The van der Waals surface area contributed by atoms with Gasteiger partial charge in [-0.15, -0.1) is 0 Å². The van der Waals surface area contributed by atoms with Crippen LogP contribution in [0.15, 0.2) is 61.4 Å². The van der Waals surface area contributed by atoms with Gasteiger partial charge >= 0.3 is 0 Å². The predicted molar refractivity (Wildman–Crippen MR) is 94.8 cm³/mol. The van der Waals surface area contributed by atoms with Gasteiger partial charge in [-0.25, -0.2) is 0 Å². The van der Waals surface area contributed by atoms with Crippen molar-refractivity contribution in [2.24, 2.45) is 10.1 Å². The van der Waals surface area contributed by atoms with Crippen molar-refractivity contribution in [1.29, 1.82) is 5.41 Å². The number of carbonyl (C=O) groups is 1. The number of fused-ring (bicyclic) bond motifs is 1. The SMILES string of the molecule is N=C1C(=Cc2ccc(Br)o2)C(=O)N=C2SC(c3cccnc3)=NN12. The van der Waals surface area contributed by atoms with Crippen LogP contribution >= 0.6 is 27.7 Å². The first-order chi connectivity index (χ1) is 11.6. The number of hydrazone groups is 1. The van der Waals surface area contributed by atoms with Crippen molar-refractivity contribution in [3.8, 4) is 0 Å². The van der Waals surface area contributed by atoms with Crippen molar-refractivity contribution in [2.45, 2.75) is 0 Å². The smallest absolute Gasteiger partial charge is 0.283 e. The molecule has 0 aliphatic carbocycles. The molecule has 4 heterocycles. The van der Waals surface area contributed by atoms with Gasteiger partial charge < -0.3 is 4.42 Å². The van der Waals surface area contributed by atoms with E-state index in [-0.39, 0.29) is 11.4 Å². The lowest BCUT2D eigenvalue weighted by Gasteiger charge is -2.19. The Kier molecular flexibility index (Phi) is 3.66. The first kappa shape index (κ1) is 15.0. The summed E-state index contributed by atoms with van der Waals surface area (Å²) in [4.78, 5) is 20.3. The molecule has 24 heavy (non-hydrogen) atoms. The zero-order valence-corrected chi connectivity index (χ0v) is 14.3. The van der Waals surface area contributed by atoms with Crippen LogP contribution in [0.3, 0.4) is 0 Å². The second-order valence-electron chi connectivity index (χ2n) is 4.81. The Morgan fingerprint density at radius 3 is 2.92 bits per heavy atom. The molecule has 118 valence electrons. The number of aliphatic imine (C=N–C) groups is 1. The van der Waals surface area contributed by atoms with E-state index in [4.69, 9.17) is 9.83 Å². The Bertz CT molecular complexity index is 948. The lowest BCUT2D eigenvalue weighted by atomic mass is 10.1. The lowest BCUT2D eigenvalue weighted by molar-refractivity contribution is -0.114. The molecule has 0 fully saturated rings. The highest BCUT2D eigenvalue weighted by Gasteiger charge is 2.36. The van der Waals surface area contributed by atoms with Crippen LogP contribution in [-0.2, 0) is 4.79 Å². The third-order valence-corrected chi connectivity index (χ3v) is 4.63. The minimum atomic E-state index is -0.492. The third kappa shape index (κ3) is 2.61. The Labute approximate surface area is 148 Å². The second kappa shape index (κ2) is 5.84. The zero-order chi connectivity index (χ0) is 16.7. The van der Waals surface area contributed by atoms with Gasteiger partial charge in [-0.3, -0.25) is 15.2 Å². The number of hydrogen-bond donors (Lipinski definition) is 1. The largest absolute Gasteiger partial charge is 0.450 e. The van der Waals surface area contributed by atoms with Crippen molar-refractivity contribution in [3.05, 3.63) is 58.2 Å². The van der Waals surface area contributed by atoms with Gasteiger partial charge in [0.05, 0.1) is 5.57 Å². The van der Waals surface area contributed by atoms with Crippen LogP contribution in [0, 0.1) is 5.41 Å². The van der Waals surface area contributed by atoms with E-state index in [9.17, 15) is 4.79 Å². The monoisotopic (exact) mass is 401 g/mol. The van der Waals surface area contributed by atoms with Gasteiger partial charge in [-0.05, 0) is 58.0 Å². The summed E-state index contributed by atoms with van der Waals surface area (Å²) in [7, 11) is 0. The molecule has 2 aliphatic heterocycles. The highest BCUT2D eigenvalue weighted by molar-refractivity contribution is 9.10. The minimum absolute atomic E-state index is 0.0380. The van der Waals surface area contributed by atoms with E-state index in [1.807, 2.05) is 6.07 Å². The van der Waals surface area contributed by atoms with Crippen LogP contribution in [0.2, 0.25) is 0 Å². The quantitative estimate of drug-likeness (QED) is 0.779. The number of furan rings is 1. The minimum Gasteiger partial charge on any atom is -0.450 e. The van der Waals surface area contributed by atoms with Crippen molar-refractivity contribution >= 4 is 55.7 Å². The van der Waals surface area contributed by atoms with E-state index in [2.05, 4.69) is 31.0 Å². The number of nitrogens with zero attached hydrogens (tertiary/aromatic N) is 4. The lowest BCUT2D eigenvalue weighted by Crippen LogP contribution is -2.35. The summed E-state index contributed by atoms with van der Waals surface area (Å²) in [6, 6.07) is 7.07. The molecule has 2 aromatic rings. The molecule has 4 rings (SSSR count). The molecule has 9 heteroatoms. The number of amidine groups is 2. The summed E-state index contributed by atoms with van der Waals surface area (Å²) in [5.41, 5.74) is 0.928. The molecule has 0 unspecified atom stereocenters. The average molecular weight is 402 g/mol. The number of hydrogen-bond acceptors (Lipinski definition) is 6. The number of aromatic nitrogens is 1. The molecule has 1 amide bonds. The average Bonchev–Trinajstić information content (AvgIpc) is 3.18. The number of carbonyl (C=O) groups excluding carboxylic acids is 1. The van der Waals surface area contributed by atoms with Gasteiger partial charge in [0.2, 0.25) is 5.17 Å². The van der Waals surface area contributed by atoms with Gasteiger partial charge in [-0.1, -0.05) is 0 Å². The maximum atomic E-state index is 12.2. The summed E-state index contributed by atoms with van der Waals surface area (Å²) in [5.74, 6) is -0.0743. The Morgan fingerprint density at radius 2 is 2.21 bits per heavy atom. The van der Waals surface area contributed by atoms with Crippen LogP contribution < -0.4 is 0 Å². The van der Waals surface area contributed by atoms with E-state index in [1.54, 1.807) is 30.6 Å². The van der Waals surface area contributed by atoms with Gasteiger partial charge in [0.1, 0.15) is 10.8 Å². The van der Waals surface area contributed by atoms with Crippen LogP contribution in [-0.4, -0.2) is 31.9 Å². The number of pyridine rings is 1. The van der Waals surface area contributed by atoms with Gasteiger partial charge in [0, 0.05) is 18.0 Å². The molecule has 2 aliphatic rings. The van der Waals surface area contributed by atoms with Crippen molar-refractivity contribution in [1.82, 2.24) is 9.99 Å². The fourth-order valence-corrected chi connectivity index (χ4v) is 3.35. The van der Waals surface area contributed by atoms with Crippen molar-refractivity contribution in [3.63, 3.8) is 0 Å². The van der Waals surface area contributed by atoms with E-state index in [0.29, 0.717) is 20.6 Å². The Hall–Kier alpha value is -2.52. The summed E-state index contributed by atoms with van der Waals surface area (Å²) in [6.45, 7) is 0. The van der Waals surface area contributed by atoms with Crippen LogP contribution in [0.1, 0.15) is 11.3 Å². The molecule has 0 saturated carbocycles. The topological polar surface area (TPSA) is 94.9 Å². The molecule has 2 aromatic heterocycles. The van der Waals surface area contributed by atoms with E-state index < -0.39 is 5.91 Å². The van der Waals surface area contributed by atoms with Gasteiger partial charge in [0.15, 0.2) is 10.5 Å². The van der Waals surface area contributed by atoms with Gasteiger partial charge in [0.25, 0.3) is 5.91 Å². The number of thioether (sulfide) groups is 1. The Morgan fingerprint density at radius 1 is 1.33 bits per heavy atom. The Balaban J connectivity index is 1.70. The zero-order valence-electron chi connectivity index (χ0n) is 11.9. The molecule has 0 bridgehead atoms. The standard InChI is InChI=1S/C15H8BrN5O2S/c16-11-4-3-9(23-11)6-10-12(17)21-15(19-13(10)22)24-14(20-21)8-2-1-5-18-7-8/h1-7,17H. The summed E-state index contributed by atoms with van der Waals surface area (Å²) in [6.07, 6.45) is 4.83. The molecule has 7 nitrogen and oxygen atoms in total. The van der Waals surface area contributed by atoms with Crippen molar-refractivity contribution < 1.29 is 9.21 Å². The highest BCUT2D eigenvalue weighted by atomic mass is 79.9. The van der Waals surface area contributed by atoms with E-state index in [0.717, 1.165) is 5.56 Å². The molecular formula is C15H8BrN5O2S. The van der Waals surface area contributed by atoms with E-state index in [1.165, 1.54) is 22.8 Å². The molecule has 0 aromatic carbocycles. The highest BCUT2D eigenvalue weighted by Crippen LogP contribution is 2.30. The number of nitrogens with one attached hydrogen (secondary N) is 1. The van der Waals surface area contributed by atoms with Crippen LogP contribution in [0.25, 0.3) is 6.08 Å². The second-order valence-corrected chi connectivity index (χ2v) is 6.55. The molecular weight excluding hydrogens is 394 g/mol. The molecule has 1 N–H and O–H groups in total. The summed E-state index contributed by atoms with van der Waals surface area (Å²) in [5, 5.41) is 15.0.